The third kappa shape index (κ3) is 7.22. The second kappa shape index (κ2) is 7.22. The lowest BCUT2D eigenvalue weighted by molar-refractivity contribution is 0.302. The van der Waals surface area contributed by atoms with Gasteiger partial charge in [-0.05, 0) is 25.5 Å². The van der Waals surface area contributed by atoms with Crippen LogP contribution in [0.4, 0.5) is 0 Å². The largest absolute Gasteiger partial charge is 0.396 e. The number of hydrogen-bond acceptors (Lipinski definition) is 1. The molecule has 1 heteroatoms. The van der Waals surface area contributed by atoms with Crippen molar-refractivity contribution in [1.29, 1.82) is 0 Å². The first kappa shape index (κ1) is 8.22. The molecule has 0 bridgehead atoms. The Labute approximate surface area is 56.0 Å². The van der Waals surface area contributed by atoms with Crippen molar-refractivity contribution in [2.45, 2.75) is 13.3 Å². The average molecular weight is 124 g/mol. The number of allylic oxidation sites excluding steroid dienone is 2. The van der Waals surface area contributed by atoms with Gasteiger partial charge in [0.15, 0.2) is 0 Å². The molecule has 0 rings (SSSR count). The molecule has 0 amide bonds. The molecule has 1 nitrogen and oxygen atoms in total. The monoisotopic (exact) mass is 124 g/mol. The third-order valence-corrected chi connectivity index (χ3v) is 0.776. The molecule has 0 radical (unpaired) electrons. The van der Waals surface area contributed by atoms with Crippen LogP contribution in [0.2, 0.25) is 0 Å². The normalized spacial score (nSPS) is 9.11. The second-order valence-corrected chi connectivity index (χ2v) is 1.58. The summed E-state index contributed by atoms with van der Waals surface area (Å²) in [6.45, 7) is 2.15. The van der Waals surface area contributed by atoms with E-state index in [1.165, 1.54) is 0 Å². The molecule has 0 heterocycles. The van der Waals surface area contributed by atoms with Crippen LogP contribution in [0.1, 0.15) is 13.3 Å². The van der Waals surface area contributed by atoms with Gasteiger partial charge in [-0.3, -0.25) is 0 Å². The van der Waals surface area contributed by atoms with Crippen LogP contribution in [0.3, 0.4) is 0 Å². The molecule has 0 aromatic heterocycles. The Morgan fingerprint density at radius 3 is 2.89 bits per heavy atom. The standard InChI is InChI=1S/C8H12O/c1-2-3-4-5-6-7-8-9/h2-4,6,9H,7-8H2,1H3/b3-2+. The van der Waals surface area contributed by atoms with Crippen molar-refractivity contribution in [3.05, 3.63) is 30.0 Å². The molecule has 0 unspecified atom stereocenters. The minimum absolute atomic E-state index is 0.205. The Hall–Kier alpha value is -0.780. The number of aliphatic hydroxyl groups excluding tert-OH is 1. The van der Waals surface area contributed by atoms with Crippen LogP contribution >= 0.6 is 0 Å². The molecule has 0 aromatic carbocycles. The maximum atomic E-state index is 8.32. The summed E-state index contributed by atoms with van der Waals surface area (Å²) in [5.74, 6) is 0. The highest BCUT2D eigenvalue weighted by atomic mass is 16.2. The summed E-state index contributed by atoms with van der Waals surface area (Å²) in [4.78, 5) is 0. The van der Waals surface area contributed by atoms with Gasteiger partial charge in [-0.15, -0.1) is 5.73 Å². The molecule has 0 saturated carbocycles. The Bertz CT molecular complexity index is 128. The smallest absolute Gasteiger partial charge is 0.0471 e. The summed E-state index contributed by atoms with van der Waals surface area (Å²) < 4.78 is 0. The van der Waals surface area contributed by atoms with Crippen LogP contribution in [0.25, 0.3) is 0 Å². The van der Waals surface area contributed by atoms with Gasteiger partial charge < -0.3 is 5.11 Å². The van der Waals surface area contributed by atoms with E-state index in [1.807, 2.05) is 25.2 Å². The molecule has 0 aliphatic carbocycles. The predicted octanol–water partition coefficient (Wildman–Crippen LogP) is 1.66. The highest BCUT2D eigenvalue weighted by Gasteiger charge is 1.66. The van der Waals surface area contributed by atoms with Crippen molar-refractivity contribution < 1.29 is 5.11 Å². The predicted molar refractivity (Wildman–Crippen MR) is 39.2 cm³/mol. The quantitative estimate of drug-likeness (QED) is 0.448. The Balaban J connectivity index is 3.41. The van der Waals surface area contributed by atoms with Crippen LogP contribution in [0.15, 0.2) is 30.0 Å². The zero-order chi connectivity index (χ0) is 6.95. The first-order chi connectivity index (χ1) is 4.41. The van der Waals surface area contributed by atoms with E-state index in [0.717, 1.165) is 0 Å². The molecule has 0 aliphatic rings. The molecule has 0 saturated heterocycles. The molecule has 0 aliphatic heterocycles. The lowest BCUT2D eigenvalue weighted by Gasteiger charge is -1.75. The summed E-state index contributed by atoms with van der Waals surface area (Å²) in [5, 5.41) is 8.32. The SMILES string of the molecule is C/C=C/C=C=CCCO. The maximum absolute atomic E-state index is 8.32. The van der Waals surface area contributed by atoms with Gasteiger partial charge in [-0.1, -0.05) is 12.2 Å². The number of hydrogen-bond donors (Lipinski definition) is 1. The van der Waals surface area contributed by atoms with Crippen molar-refractivity contribution in [3.8, 4) is 0 Å². The summed E-state index contributed by atoms with van der Waals surface area (Å²) in [6, 6.07) is 0. The summed E-state index contributed by atoms with van der Waals surface area (Å²) >= 11 is 0. The fraction of sp³-hybridized carbons (Fsp3) is 0.375. The van der Waals surface area contributed by atoms with Gasteiger partial charge in [0.25, 0.3) is 0 Å². The van der Waals surface area contributed by atoms with Crippen molar-refractivity contribution in [2.75, 3.05) is 6.61 Å². The molecule has 0 fully saturated rings. The highest BCUT2D eigenvalue weighted by molar-refractivity contribution is 5.00. The fourth-order valence-electron chi connectivity index (χ4n) is 0.368. The first-order valence-corrected chi connectivity index (χ1v) is 3.05. The van der Waals surface area contributed by atoms with Gasteiger partial charge in [0, 0.05) is 6.61 Å². The lowest BCUT2D eigenvalue weighted by atomic mass is 10.4. The Kier molecular flexibility index (Phi) is 6.59. The van der Waals surface area contributed by atoms with Gasteiger partial charge in [0.2, 0.25) is 0 Å². The Morgan fingerprint density at radius 2 is 2.33 bits per heavy atom. The van der Waals surface area contributed by atoms with Gasteiger partial charge in [-0.2, -0.15) is 0 Å². The zero-order valence-corrected chi connectivity index (χ0v) is 5.67. The van der Waals surface area contributed by atoms with Gasteiger partial charge in [-0.25, -0.2) is 0 Å². The number of rotatable bonds is 3. The van der Waals surface area contributed by atoms with Gasteiger partial charge >= 0.3 is 0 Å². The van der Waals surface area contributed by atoms with E-state index < -0.39 is 0 Å². The lowest BCUT2D eigenvalue weighted by Crippen LogP contribution is -1.72. The average Bonchev–Trinajstić information content (AvgIpc) is 1.89. The highest BCUT2D eigenvalue weighted by Crippen LogP contribution is 1.77. The van der Waals surface area contributed by atoms with Crippen molar-refractivity contribution in [3.63, 3.8) is 0 Å². The molecule has 0 atom stereocenters. The van der Waals surface area contributed by atoms with E-state index in [4.69, 9.17) is 5.11 Å². The summed E-state index contributed by atoms with van der Waals surface area (Å²) in [6.07, 6.45) is 8.14. The maximum Gasteiger partial charge on any atom is 0.0471 e. The first-order valence-electron chi connectivity index (χ1n) is 3.05. The fourth-order valence-corrected chi connectivity index (χ4v) is 0.368. The van der Waals surface area contributed by atoms with E-state index in [2.05, 4.69) is 5.73 Å². The molecule has 0 aromatic rings. The third-order valence-electron chi connectivity index (χ3n) is 0.776. The number of aliphatic hydroxyl groups is 1. The molecular formula is C8H12O. The molecule has 1 N–H and O–H groups in total. The van der Waals surface area contributed by atoms with Crippen molar-refractivity contribution in [2.24, 2.45) is 0 Å². The van der Waals surface area contributed by atoms with Crippen molar-refractivity contribution in [1.82, 2.24) is 0 Å². The van der Waals surface area contributed by atoms with Crippen LogP contribution in [0.5, 0.6) is 0 Å². The van der Waals surface area contributed by atoms with Gasteiger partial charge in [0.05, 0.1) is 0 Å². The van der Waals surface area contributed by atoms with Crippen LogP contribution in [-0.2, 0) is 0 Å². The van der Waals surface area contributed by atoms with E-state index >= 15 is 0 Å². The van der Waals surface area contributed by atoms with E-state index in [9.17, 15) is 0 Å². The topological polar surface area (TPSA) is 20.2 Å². The second-order valence-electron chi connectivity index (χ2n) is 1.58. The van der Waals surface area contributed by atoms with Crippen molar-refractivity contribution >= 4 is 0 Å². The van der Waals surface area contributed by atoms with E-state index in [-0.39, 0.29) is 6.61 Å². The molecular weight excluding hydrogens is 112 g/mol. The molecule has 0 spiro atoms. The van der Waals surface area contributed by atoms with E-state index in [0.29, 0.717) is 6.42 Å². The van der Waals surface area contributed by atoms with Crippen LogP contribution in [0, 0.1) is 0 Å². The van der Waals surface area contributed by atoms with Crippen LogP contribution in [-0.4, -0.2) is 11.7 Å². The molecule has 50 valence electrons. The van der Waals surface area contributed by atoms with Gasteiger partial charge in [0.1, 0.15) is 0 Å². The zero-order valence-electron chi connectivity index (χ0n) is 5.67. The summed E-state index contributed by atoms with van der Waals surface area (Å²) in [7, 11) is 0. The van der Waals surface area contributed by atoms with E-state index in [1.54, 1.807) is 6.08 Å². The Morgan fingerprint density at radius 1 is 1.56 bits per heavy atom. The van der Waals surface area contributed by atoms with Crippen LogP contribution < -0.4 is 0 Å². The summed E-state index contributed by atoms with van der Waals surface area (Å²) in [5.41, 5.74) is 2.89. The minimum atomic E-state index is 0.205. The minimum Gasteiger partial charge on any atom is -0.396 e. The molecule has 9 heavy (non-hydrogen) atoms.